The number of hydrogen-bond donors (Lipinski definition) is 0. The number of esters is 1. The van der Waals surface area contributed by atoms with Crippen LogP contribution in [-0.2, 0) is 4.74 Å². The molecule has 0 aliphatic carbocycles. The summed E-state index contributed by atoms with van der Waals surface area (Å²) >= 11 is 1.51. The smallest absolute Gasteiger partial charge is 0.337 e. The summed E-state index contributed by atoms with van der Waals surface area (Å²) in [5.74, 6) is -0.339. The van der Waals surface area contributed by atoms with Crippen LogP contribution in [0.1, 0.15) is 20.8 Å². The zero-order valence-corrected chi connectivity index (χ0v) is 13.0. The predicted octanol–water partition coefficient (Wildman–Crippen LogP) is 4.54. The average molecular weight is 307 g/mol. The fourth-order valence-electron chi connectivity index (χ4n) is 2.42. The molecule has 0 saturated heterocycles. The van der Waals surface area contributed by atoms with Gasteiger partial charge in [0.25, 0.3) is 0 Å². The van der Waals surface area contributed by atoms with Crippen LogP contribution in [0.15, 0.2) is 42.5 Å². The van der Waals surface area contributed by atoms with Gasteiger partial charge < -0.3 is 4.74 Å². The molecule has 0 bridgehead atoms. The van der Waals surface area contributed by atoms with Crippen molar-refractivity contribution >= 4 is 27.4 Å². The zero-order valence-electron chi connectivity index (χ0n) is 12.2. The quantitative estimate of drug-likeness (QED) is 0.653. The largest absolute Gasteiger partial charge is 0.465 e. The van der Waals surface area contributed by atoms with Crippen LogP contribution >= 0.6 is 11.3 Å². The summed E-state index contributed by atoms with van der Waals surface area (Å²) in [5.41, 5.74) is 3.65. The van der Waals surface area contributed by atoms with E-state index in [1.54, 1.807) is 12.1 Å². The van der Waals surface area contributed by atoms with Crippen molar-refractivity contribution in [2.24, 2.45) is 0 Å². The summed E-state index contributed by atoms with van der Waals surface area (Å²) in [6.07, 6.45) is 0. The number of methoxy groups -OCH3 is 1. The molecule has 0 atom stereocenters. The maximum absolute atomic E-state index is 11.5. The molecule has 3 aromatic rings. The highest BCUT2D eigenvalue weighted by Gasteiger charge is 2.10. The van der Waals surface area contributed by atoms with Crippen LogP contribution in [0.5, 0.6) is 0 Å². The van der Waals surface area contributed by atoms with Crippen molar-refractivity contribution in [3.05, 3.63) is 58.5 Å². The van der Waals surface area contributed by atoms with Gasteiger partial charge in [-0.15, -0.1) is 11.3 Å². The van der Waals surface area contributed by atoms with Crippen LogP contribution < -0.4 is 0 Å². The minimum atomic E-state index is -0.339. The Hall–Kier alpha value is -2.64. The Bertz CT molecular complexity index is 901. The number of nitriles is 1. The molecule has 4 heteroatoms. The molecule has 0 saturated carbocycles. The number of fused-ring (bicyclic) bond motifs is 1. The standard InChI is InChI=1S/C18H13NO2S/c1-11-15-9-14(7-8-16(15)22-17(11)10-19)12-3-5-13(6-4-12)18(20)21-2/h3-9H,1-2H3. The molecule has 22 heavy (non-hydrogen) atoms. The lowest BCUT2D eigenvalue weighted by Crippen LogP contribution is -2.00. The van der Waals surface area contributed by atoms with Gasteiger partial charge in [0.1, 0.15) is 10.9 Å². The minimum absolute atomic E-state index is 0.339. The third-order valence-corrected chi connectivity index (χ3v) is 4.85. The summed E-state index contributed by atoms with van der Waals surface area (Å²) in [5, 5.41) is 10.2. The molecule has 108 valence electrons. The maximum atomic E-state index is 11.5. The van der Waals surface area contributed by atoms with Crippen molar-refractivity contribution in [3.8, 4) is 17.2 Å². The first-order valence-electron chi connectivity index (χ1n) is 6.76. The first kappa shape index (κ1) is 14.3. The highest BCUT2D eigenvalue weighted by Crippen LogP contribution is 2.33. The Morgan fingerprint density at radius 2 is 1.82 bits per heavy atom. The van der Waals surface area contributed by atoms with Crippen LogP contribution in [0.25, 0.3) is 21.2 Å². The number of thiophene rings is 1. The van der Waals surface area contributed by atoms with Gasteiger partial charge in [-0.3, -0.25) is 0 Å². The van der Waals surface area contributed by atoms with Gasteiger partial charge in [0.15, 0.2) is 0 Å². The van der Waals surface area contributed by atoms with Gasteiger partial charge in [-0.05, 0) is 53.3 Å². The molecule has 0 fully saturated rings. The number of carbonyl (C=O) groups is 1. The monoisotopic (exact) mass is 307 g/mol. The first-order chi connectivity index (χ1) is 10.6. The molecule has 0 spiro atoms. The fourth-order valence-corrected chi connectivity index (χ4v) is 3.41. The number of aryl methyl sites for hydroxylation is 1. The number of ether oxygens (including phenoxy) is 1. The second kappa shape index (κ2) is 5.63. The Kier molecular flexibility index (Phi) is 3.66. The first-order valence-corrected chi connectivity index (χ1v) is 7.57. The van der Waals surface area contributed by atoms with E-state index >= 15 is 0 Å². The van der Waals surface area contributed by atoms with E-state index in [4.69, 9.17) is 10.00 Å². The van der Waals surface area contributed by atoms with Crippen molar-refractivity contribution in [1.29, 1.82) is 5.26 Å². The summed E-state index contributed by atoms with van der Waals surface area (Å²) in [6.45, 7) is 1.97. The average Bonchev–Trinajstić information content (AvgIpc) is 2.90. The SMILES string of the molecule is COC(=O)c1ccc(-c2ccc3sc(C#N)c(C)c3c2)cc1. The van der Waals surface area contributed by atoms with Gasteiger partial charge in [-0.1, -0.05) is 18.2 Å². The summed E-state index contributed by atoms with van der Waals surface area (Å²) < 4.78 is 5.82. The molecule has 0 aliphatic rings. The lowest BCUT2D eigenvalue weighted by molar-refractivity contribution is 0.0601. The second-order valence-electron chi connectivity index (χ2n) is 4.95. The van der Waals surface area contributed by atoms with Crippen molar-refractivity contribution in [2.45, 2.75) is 6.92 Å². The molecule has 3 nitrogen and oxygen atoms in total. The van der Waals surface area contributed by atoms with Gasteiger partial charge in [-0.2, -0.15) is 5.26 Å². The molecule has 1 aromatic heterocycles. The Labute approximate surface area is 132 Å². The van der Waals surface area contributed by atoms with E-state index in [2.05, 4.69) is 12.1 Å². The van der Waals surface area contributed by atoms with E-state index in [0.717, 1.165) is 31.7 Å². The topological polar surface area (TPSA) is 50.1 Å². The van der Waals surface area contributed by atoms with Crippen molar-refractivity contribution < 1.29 is 9.53 Å². The molecule has 0 radical (unpaired) electrons. The lowest BCUT2D eigenvalue weighted by Gasteiger charge is -2.04. The lowest BCUT2D eigenvalue weighted by atomic mass is 10.0. The van der Waals surface area contributed by atoms with Crippen molar-refractivity contribution in [2.75, 3.05) is 7.11 Å². The van der Waals surface area contributed by atoms with Crippen molar-refractivity contribution in [3.63, 3.8) is 0 Å². The molecule has 2 aromatic carbocycles. The Balaban J connectivity index is 2.05. The van der Waals surface area contributed by atoms with Gasteiger partial charge in [0.05, 0.1) is 12.7 Å². The van der Waals surface area contributed by atoms with Crippen LogP contribution in [0.2, 0.25) is 0 Å². The van der Waals surface area contributed by atoms with Gasteiger partial charge in [0, 0.05) is 4.70 Å². The molecule has 1 heterocycles. The van der Waals surface area contributed by atoms with E-state index < -0.39 is 0 Å². The highest BCUT2D eigenvalue weighted by atomic mass is 32.1. The number of carbonyl (C=O) groups excluding carboxylic acids is 1. The van der Waals surface area contributed by atoms with E-state index in [-0.39, 0.29) is 5.97 Å². The summed E-state index contributed by atoms with van der Waals surface area (Å²) in [4.78, 5) is 12.2. The second-order valence-corrected chi connectivity index (χ2v) is 6.00. The van der Waals surface area contributed by atoms with Crippen LogP contribution in [0.3, 0.4) is 0 Å². The summed E-state index contributed by atoms with van der Waals surface area (Å²) in [6, 6.07) is 15.7. The zero-order chi connectivity index (χ0) is 15.7. The fraction of sp³-hybridized carbons (Fsp3) is 0.111. The van der Waals surface area contributed by atoms with Crippen LogP contribution in [0, 0.1) is 18.3 Å². The third kappa shape index (κ3) is 2.36. The van der Waals surface area contributed by atoms with E-state index in [0.29, 0.717) is 5.56 Å². The van der Waals surface area contributed by atoms with Gasteiger partial charge >= 0.3 is 5.97 Å². The third-order valence-electron chi connectivity index (χ3n) is 3.68. The highest BCUT2D eigenvalue weighted by molar-refractivity contribution is 7.19. The molecular formula is C18H13NO2S. The van der Waals surface area contributed by atoms with E-state index in [1.165, 1.54) is 18.4 Å². The number of rotatable bonds is 2. The Morgan fingerprint density at radius 1 is 1.14 bits per heavy atom. The molecular weight excluding hydrogens is 294 g/mol. The normalized spacial score (nSPS) is 10.4. The molecule has 0 N–H and O–H groups in total. The minimum Gasteiger partial charge on any atom is -0.465 e. The maximum Gasteiger partial charge on any atom is 0.337 e. The van der Waals surface area contributed by atoms with E-state index in [9.17, 15) is 4.79 Å². The molecule has 0 aliphatic heterocycles. The molecule has 0 unspecified atom stereocenters. The van der Waals surface area contributed by atoms with E-state index in [1.807, 2.05) is 31.2 Å². The van der Waals surface area contributed by atoms with Crippen LogP contribution in [0.4, 0.5) is 0 Å². The van der Waals surface area contributed by atoms with Crippen molar-refractivity contribution in [1.82, 2.24) is 0 Å². The number of nitrogens with zero attached hydrogens (tertiary/aromatic N) is 1. The molecule has 0 amide bonds. The van der Waals surface area contributed by atoms with Gasteiger partial charge in [0.2, 0.25) is 0 Å². The molecule has 3 rings (SSSR count). The summed E-state index contributed by atoms with van der Waals surface area (Å²) in [7, 11) is 1.37. The Morgan fingerprint density at radius 3 is 2.45 bits per heavy atom. The number of hydrogen-bond acceptors (Lipinski definition) is 4. The number of benzene rings is 2. The van der Waals surface area contributed by atoms with Crippen LogP contribution in [-0.4, -0.2) is 13.1 Å². The van der Waals surface area contributed by atoms with Gasteiger partial charge in [-0.25, -0.2) is 4.79 Å². The predicted molar refractivity (Wildman–Crippen MR) is 88.1 cm³/mol.